The Morgan fingerprint density at radius 2 is 2.00 bits per heavy atom. The highest BCUT2D eigenvalue weighted by molar-refractivity contribution is 5.65. The van der Waals surface area contributed by atoms with E-state index in [1.807, 2.05) is 24.4 Å². The third kappa shape index (κ3) is 10.2. The van der Waals surface area contributed by atoms with Crippen LogP contribution >= 0.6 is 0 Å². The smallest absolute Gasteiger partial charge is 0.435 e. The molecule has 2 atom stereocenters. The second kappa shape index (κ2) is 17.5. The van der Waals surface area contributed by atoms with Crippen LogP contribution < -0.4 is 10.6 Å². The standard InChI is InChI=1S/C35H49N9O5/c1-5-48-34(45)49-26(4)44-33(41-42-43-44)21-47-20-25(3)39-28-11-9-27(10-12-28)17-29-18-30(24(2)19-37-29)31-7-6-8-32(40-31)38-23-35(22-36)13-15-46-16-14-35/h6-8,18-19,25-28,39H,5,9-17,20-21,23H2,1-4H3,(H,38,40)/t25-,26-,27?,28?/m1/s1. The van der Waals surface area contributed by atoms with E-state index in [9.17, 15) is 10.1 Å². The molecule has 0 radical (unpaired) electrons. The lowest BCUT2D eigenvalue weighted by molar-refractivity contribution is -0.00390. The van der Waals surface area contributed by atoms with Gasteiger partial charge in [-0.2, -0.15) is 9.94 Å². The number of hydrogen-bond donors (Lipinski definition) is 2. The van der Waals surface area contributed by atoms with Gasteiger partial charge in [0.1, 0.15) is 12.4 Å². The van der Waals surface area contributed by atoms with E-state index in [-0.39, 0.29) is 19.3 Å². The zero-order chi connectivity index (χ0) is 34.6. The lowest BCUT2D eigenvalue weighted by Gasteiger charge is -2.31. The highest BCUT2D eigenvalue weighted by atomic mass is 16.7. The van der Waals surface area contributed by atoms with E-state index in [1.54, 1.807) is 13.8 Å². The summed E-state index contributed by atoms with van der Waals surface area (Å²) in [5.41, 5.74) is 3.76. The molecule has 0 spiro atoms. The van der Waals surface area contributed by atoms with Gasteiger partial charge in [-0.15, -0.1) is 5.10 Å². The largest absolute Gasteiger partial charge is 0.510 e. The highest BCUT2D eigenvalue weighted by Crippen LogP contribution is 2.32. The van der Waals surface area contributed by atoms with Crippen LogP contribution in [0.5, 0.6) is 0 Å². The zero-order valence-corrected chi connectivity index (χ0v) is 29.1. The number of pyridine rings is 2. The molecule has 1 aliphatic heterocycles. The van der Waals surface area contributed by atoms with Crippen LogP contribution in [0.2, 0.25) is 0 Å². The predicted octanol–water partition coefficient (Wildman–Crippen LogP) is 5.16. The van der Waals surface area contributed by atoms with Crippen molar-refractivity contribution < 1.29 is 23.7 Å². The predicted molar refractivity (Wildman–Crippen MR) is 181 cm³/mol. The Balaban J connectivity index is 1.06. The molecule has 2 aliphatic rings. The number of nitrogens with one attached hydrogen (secondary N) is 2. The number of nitrogens with zero attached hydrogens (tertiary/aromatic N) is 7. The number of tetrazole rings is 1. The van der Waals surface area contributed by atoms with Crippen molar-refractivity contribution in [2.24, 2.45) is 11.3 Å². The summed E-state index contributed by atoms with van der Waals surface area (Å²) < 4.78 is 22.8. The number of carbonyl (C=O) groups is 1. The van der Waals surface area contributed by atoms with Crippen molar-refractivity contribution in [2.45, 2.75) is 97.6 Å². The topological polar surface area (TPSA) is 171 Å². The number of aromatic nitrogens is 6. The number of hydrogen-bond acceptors (Lipinski definition) is 13. The quantitative estimate of drug-likeness (QED) is 0.203. The van der Waals surface area contributed by atoms with Gasteiger partial charge in [0.05, 0.1) is 30.4 Å². The third-order valence-electron chi connectivity index (χ3n) is 9.38. The molecule has 0 unspecified atom stereocenters. The van der Waals surface area contributed by atoms with Gasteiger partial charge in [-0.1, -0.05) is 6.07 Å². The normalized spacial score (nSPS) is 20.1. The fraction of sp³-hybridized carbons (Fsp3) is 0.629. The van der Waals surface area contributed by atoms with Gasteiger partial charge in [0, 0.05) is 49.3 Å². The molecule has 3 aromatic rings. The minimum atomic E-state index is -0.769. The summed E-state index contributed by atoms with van der Waals surface area (Å²) in [4.78, 5) is 21.3. The number of rotatable bonds is 15. The maximum Gasteiger partial charge on any atom is 0.510 e. The van der Waals surface area contributed by atoms with Crippen LogP contribution in [-0.4, -0.2) is 81.4 Å². The van der Waals surface area contributed by atoms with E-state index in [4.69, 9.17) is 28.9 Å². The van der Waals surface area contributed by atoms with Gasteiger partial charge in [0.25, 0.3) is 0 Å². The van der Waals surface area contributed by atoms with Crippen molar-refractivity contribution in [2.75, 3.05) is 38.3 Å². The summed E-state index contributed by atoms with van der Waals surface area (Å²) >= 11 is 0. The van der Waals surface area contributed by atoms with Gasteiger partial charge in [-0.05, 0) is 113 Å². The van der Waals surface area contributed by atoms with Crippen molar-refractivity contribution in [3.8, 4) is 17.3 Å². The summed E-state index contributed by atoms with van der Waals surface area (Å²) in [6, 6.07) is 11.3. The molecule has 49 heavy (non-hydrogen) atoms. The van der Waals surface area contributed by atoms with E-state index < -0.39 is 17.8 Å². The average molecular weight is 676 g/mol. The Labute approximate surface area is 288 Å². The molecule has 14 heteroatoms. The first-order chi connectivity index (χ1) is 23.8. The van der Waals surface area contributed by atoms with Crippen molar-refractivity contribution in [1.82, 2.24) is 35.5 Å². The van der Waals surface area contributed by atoms with Gasteiger partial charge in [0.15, 0.2) is 12.1 Å². The van der Waals surface area contributed by atoms with Crippen LogP contribution in [0, 0.1) is 29.6 Å². The molecular weight excluding hydrogens is 626 g/mol. The number of carbonyl (C=O) groups excluding carboxylic acids is 1. The van der Waals surface area contributed by atoms with Gasteiger partial charge in [-0.25, -0.2) is 9.78 Å². The lowest BCUT2D eigenvalue weighted by atomic mass is 9.82. The Bertz CT molecular complexity index is 1550. The molecule has 1 saturated carbocycles. The monoisotopic (exact) mass is 675 g/mol. The summed E-state index contributed by atoms with van der Waals surface area (Å²) in [5, 5.41) is 28.6. The van der Waals surface area contributed by atoms with Crippen molar-refractivity contribution in [3.05, 3.63) is 47.5 Å². The molecular formula is C35H49N9O5. The molecule has 0 bridgehead atoms. The highest BCUT2D eigenvalue weighted by Gasteiger charge is 2.32. The lowest BCUT2D eigenvalue weighted by Crippen LogP contribution is -2.41. The van der Waals surface area contributed by atoms with Crippen molar-refractivity contribution in [3.63, 3.8) is 0 Å². The summed E-state index contributed by atoms with van der Waals surface area (Å²) in [5.74, 6) is 1.82. The maximum atomic E-state index is 11.6. The zero-order valence-electron chi connectivity index (χ0n) is 29.1. The molecule has 0 aromatic carbocycles. The fourth-order valence-electron chi connectivity index (χ4n) is 6.53. The van der Waals surface area contributed by atoms with E-state index >= 15 is 0 Å². The third-order valence-corrected chi connectivity index (χ3v) is 9.38. The molecule has 1 saturated heterocycles. The first kappa shape index (κ1) is 36.1. The van der Waals surface area contributed by atoms with Crippen LogP contribution in [0.3, 0.4) is 0 Å². The number of ether oxygens (including phenoxy) is 4. The molecule has 14 nitrogen and oxygen atoms in total. The first-order valence-electron chi connectivity index (χ1n) is 17.4. The van der Waals surface area contributed by atoms with E-state index in [2.05, 4.69) is 52.1 Å². The van der Waals surface area contributed by atoms with E-state index in [0.717, 1.165) is 73.3 Å². The van der Waals surface area contributed by atoms with E-state index in [0.29, 0.717) is 44.1 Å². The van der Waals surface area contributed by atoms with Crippen LogP contribution in [0.25, 0.3) is 11.3 Å². The van der Waals surface area contributed by atoms with Gasteiger partial charge in [0.2, 0.25) is 0 Å². The molecule has 1 aliphatic carbocycles. The number of anilines is 1. The Morgan fingerprint density at radius 3 is 2.76 bits per heavy atom. The molecule has 4 heterocycles. The number of nitriles is 1. The summed E-state index contributed by atoms with van der Waals surface area (Å²) in [7, 11) is 0. The van der Waals surface area contributed by atoms with Crippen LogP contribution in [0.4, 0.5) is 10.6 Å². The molecule has 0 amide bonds. The first-order valence-corrected chi connectivity index (χ1v) is 17.4. The average Bonchev–Trinajstić information content (AvgIpc) is 3.58. The van der Waals surface area contributed by atoms with Gasteiger partial charge < -0.3 is 29.6 Å². The maximum absolute atomic E-state index is 11.6. The van der Waals surface area contributed by atoms with Gasteiger partial charge >= 0.3 is 6.16 Å². The van der Waals surface area contributed by atoms with Crippen LogP contribution in [0.1, 0.15) is 82.6 Å². The Morgan fingerprint density at radius 1 is 1.20 bits per heavy atom. The van der Waals surface area contributed by atoms with Crippen molar-refractivity contribution in [1.29, 1.82) is 5.26 Å². The van der Waals surface area contributed by atoms with Crippen LogP contribution in [-0.2, 0) is 32.0 Å². The minimum absolute atomic E-state index is 0.153. The molecule has 3 aromatic heterocycles. The SMILES string of the molecule is CCOC(=O)O[C@H](C)n1nnnc1COC[C@@H](C)NC1CCC(Cc2cc(-c3cccc(NCC4(C#N)CCOCC4)n3)c(C)cn2)CC1. The summed E-state index contributed by atoms with van der Waals surface area (Å²) in [6.07, 6.45) is 7.34. The molecule has 2 fully saturated rings. The summed E-state index contributed by atoms with van der Waals surface area (Å²) in [6.45, 7) is 10.3. The minimum Gasteiger partial charge on any atom is -0.435 e. The van der Waals surface area contributed by atoms with Gasteiger partial charge in [-0.3, -0.25) is 4.98 Å². The second-order valence-electron chi connectivity index (χ2n) is 13.2. The Kier molecular flexibility index (Phi) is 12.9. The molecule has 2 N–H and O–H groups in total. The Hall–Kier alpha value is -4.19. The number of aryl methyl sites for hydroxylation is 1. The fourth-order valence-corrected chi connectivity index (χ4v) is 6.53. The molecule has 5 rings (SSSR count). The van der Waals surface area contributed by atoms with Crippen molar-refractivity contribution >= 4 is 12.0 Å². The van der Waals surface area contributed by atoms with Crippen LogP contribution in [0.15, 0.2) is 30.5 Å². The molecule has 264 valence electrons. The van der Waals surface area contributed by atoms with E-state index in [1.165, 1.54) is 4.68 Å². The second-order valence-corrected chi connectivity index (χ2v) is 13.2.